The van der Waals surface area contributed by atoms with E-state index in [4.69, 9.17) is 90.0 Å². The maximum absolute atomic E-state index is 13.3. The summed E-state index contributed by atoms with van der Waals surface area (Å²) in [4.78, 5) is 64.5. The summed E-state index contributed by atoms with van der Waals surface area (Å²) in [5, 5.41) is 333. The Morgan fingerprint density at radius 1 is 0.336 bits per heavy atom. The number of ether oxygens (including phenoxy) is 19. The van der Waals surface area contributed by atoms with Crippen molar-refractivity contribution in [2.24, 2.45) is 0 Å². The summed E-state index contributed by atoms with van der Waals surface area (Å²) in [6.45, 7) is -5.48. The molecule has 0 aromatic carbocycles. The van der Waals surface area contributed by atoms with Crippen LogP contribution in [0.1, 0.15) is 41.0 Å². The van der Waals surface area contributed by atoms with Gasteiger partial charge in [-0.2, -0.15) is 0 Å². The Morgan fingerprint density at radius 2 is 0.680 bits per heavy atom. The molecule has 33 N–H and O–H groups in total. The molecule has 57 heteroatoms. The summed E-state index contributed by atoms with van der Waals surface area (Å²) in [5.74, 6) is -9.30. The van der Waals surface area contributed by atoms with Crippen LogP contribution in [0.2, 0.25) is 0 Å². The zero-order valence-electron chi connectivity index (χ0n) is 68.7. The summed E-state index contributed by atoms with van der Waals surface area (Å²) in [6, 6.07) is -7.70. The van der Waals surface area contributed by atoms with Gasteiger partial charge in [-0.3, -0.25) is 19.2 Å². The molecule has 0 bridgehead atoms. The lowest BCUT2D eigenvalue weighted by molar-refractivity contribution is -0.400. The van der Waals surface area contributed by atoms with Gasteiger partial charge in [0.05, 0.1) is 77.7 Å². The largest absolute Gasteiger partial charge is 0.477 e. The molecule has 10 fully saturated rings. The normalized spacial score (nSPS) is 48.4. The average Bonchev–Trinajstić information content (AvgIpc) is 0.752. The molecule has 740 valence electrons. The van der Waals surface area contributed by atoms with Crippen LogP contribution in [0, 0.1) is 0 Å². The second kappa shape index (κ2) is 45.4. The SMILES string of the molecule is CC(=O)N[C@@H]1[C@@H](O)[C@H](O[C@H]2O[C@H](CO)[C@@H](O[C@H]3O[C@H](CO[C@H]4O[C@H](CO)[C@@H](O)[C@H](O[C@H]5O[C@H](CO)[C@@H](O)[C@H](O)[C@@H]5O)[C@@H]4O)[C@@H](O)[C@H](O[C@H]4O[C@H](CO)[C@@H](O)[C@H](O)[C@@H]4O[C@H]4O[C@H](CO)[C@@H](O[C@@H]5O[C@H](CO)[C@H](O)[C@H](O[C@]6(C(=O)O)C[C@H](O)[C@@H](NC(C)=O)[C@H]([C@H](O)[C@H](O)CO)O6)[C@H]5O)[C@H](O)[C@H]4NC(C)=O)[C@@H]3O)[C@H](O)[C@H]2NC(C)=O)[C@@H](CO[C@H]2O[C@H](C)[C@H](O)[C@H](O)[C@H]2O)O[C@@H]1O. The minimum atomic E-state index is -3.32. The Morgan fingerprint density at radius 3 is 1.17 bits per heavy atom. The van der Waals surface area contributed by atoms with E-state index in [2.05, 4.69) is 21.3 Å². The second-order valence-electron chi connectivity index (χ2n) is 32.4. The standard InChI is InChI=1S/C71H118N4O53/c1-16-35(89)45(99)48(102)64(112-16)111-15-30-55(42(96)32(61(107)113-30)73-18(3)84)121-62-33(74-19(4)85)43(97)53(27(12-81)118-62)122-67-51(105)58(41(95)29(120-67)14-110-65-50(104)57(39(93)25(10-79)114-65)124-66-49(103)46(100)37(91)23(8-77)115-66)125-69-60(47(101)38(92)24(9-78)117-69)126-63-34(75-20(5)86)44(98)54(28(13-82)119-63)123-68-52(106)59(40(94)26(11-80)116-68)128-71(70(108)109)6-21(87)31(72-17(2)83)56(127-71)36(90)22(88)7-76/h16,21-69,76-82,87-107H,6-15H2,1-5H3,(H,72,83)(H,73,84)(H,74,85)(H,75,86)(H,108,109)/t16-,21+,22-,23-,24-,25-,26-,27-,28-,29-,30-,31-,32-,33-,34-,35+,36-,37-,38-,39-,40+,41-,42-,43-,44-,45+,46+,47+,48-,49+,50+,51+,52-,53-,54-,55-,56-,57+,58+,59+,60+,61+,62-,63-,64+,65+,66-,67-,68+,69-,71+/m1/s1. The van der Waals surface area contributed by atoms with Gasteiger partial charge in [0.1, 0.15) is 232 Å². The number of carbonyl (C=O) groups is 5. The number of hydrogen-bond acceptors (Lipinski definition) is 52. The Kier molecular flexibility index (Phi) is 37.4. The van der Waals surface area contributed by atoms with Crippen molar-refractivity contribution >= 4 is 29.6 Å². The number of hydrogen-bond donors (Lipinski definition) is 33. The lowest BCUT2D eigenvalue weighted by Crippen LogP contribution is -2.71. The van der Waals surface area contributed by atoms with Crippen LogP contribution in [-0.4, -0.2) is 550 Å². The fraction of sp³-hybridized carbons (Fsp3) is 0.930. The van der Waals surface area contributed by atoms with Crippen molar-refractivity contribution < 1.29 is 262 Å². The van der Waals surface area contributed by atoms with Gasteiger partial charge < -0.3 is 259 Å². The summed E-state index contributed by atoms with van der Waals surface area (Å²) in [7, 11) is 0. The van der Waals surface area contributed by atoms with Gasteiger partial charge in [-0.25, -0.2) is 4.79 Å². The second-order valence-corrected chi connectivity index (χ2v) is 32.4. The highest BCUT2D eigenvalue weighted by atomic mass is 16.8. The third-order valence-corrected chi connectivity index (χ3v) is 23.4. The van der Waals surface area contributed by atoms with E-state index in [1.54, 1.807) is 0 Å². The van der Waals surface area contributed by atoms with E-state index >= 15 is 0 Å². The van der Waals surface area contributed by atoms with Crippen LogP contribution in [0.15, 0.2) is 0 Å². The number of rotatable bonds is 34. The first-order valence-electron chi connectivity index (χ1n) is 40.6. The van der Waals surface area contributed by atoms with E-state index in [9.17, 15) is 172 Å². The van der Waals surface area contributed by atoms with Gasteiger partial charge in [0.25, 0.3) is 5.79 Å². The van der Waals surface area contributed by atoms with Crippen molar-refractivity contribution in [1.29, 1.82) is 0 Å². The summed E-state index contributed by atoms with van der Waals surface area (Å²) in [5.41, 5.74) is 0. The fourth-order valence-corrected chi connectivity index (χ4v) is 16.5. The first-order chi connectivity index (χ1) is 60.3. The fourth-order valence-electron chi connectivity index (χ4n) is 16.5. The van der Waals surface area contributed by atoms with Gasteiger partial charge >= 0.3 is 5.97 Å². The monoisotopic (exact) mass is 1870 g/mol. The first kappa shape index (κ1) is 106. The van der Waals surface area contributed by atoms with Gasteiger partial charge in [-0.15, -0.1) is 0 Å². The molecule has 4 amide bonds. The number of carbonyl (C=O) groups excluding carboxylic acids is 4. The van der Waals surface area contributed by atoms with Crippen molar-refractivity contribution in [3.8, 4) is 0 Å². The smallest absolute Gasteiger partial charge is 0.364 e. The molecule has 10 heterocycles. The van der Waals surface area contributed by atoms with Crippen LogP contribution in [0.3, 0.4) is 0 Å². The molecule has 0 aromatic heterocycles. The van der Waals surface area contributed by atoms with E-state index < -0.39 is 408 Å². The van der Waals surface area contributed by atoms with Crippen LogP contribution < -0.4 is 21.3 Å². The van der Waals surface area contributed by atoms with Crippen LogP contribution in [0.5, 0.6) is 0 Å². The molecule has 10 aliphatic heterocycles. The quantitative estimate of drug-likeness (QED) is 0.0284. The minimum absolute atomic E-state index is 0.853. The number of amides is 4. The van der Waals surface area contributed by atoms with Gasteiger partial charge in [-0.1, -0.05) is 0 Å². The molecule has 128 heavy (non-hydrogen) atoms. The molecule has 51 atom stereocenters. The molecule has 0 radical (unpaired) electrons. The van der Waals surface area contributed by atoms with Gasteiger partial charge in [-0.05, 0) is 6.92 Å². The molecule has 0 unspecified atom stereocenters. The number of nitrogens with one attached hydrogen (secondary N) is 4. The molecular weight excluding hydrogens is 1760 g/mol. The summed E-state index contributed by atoms with van der Waals surface area (Å²) < 4.78 is 112. The maximum Gasteiger partial charge on any atom is 0.364 e. The third-order valence-electron chi connectivity index (χ3n) is 23.4. The number of aliphatic carboxylic acids is 1. The van der Waals surface area contributed by atoms with E-state index in [-0.39, 0.29) is 0 Å². The molecule has 10 aliphatic rings. The molecular formula is C71H118N4O53. The van der Waals surface area contributed by atoms with Gasteiger partial charge in [0.2, 0.25) is 23.6 Å². The highest BCUT2D eigenvalue weighted by Crippen LogP contribution is 2.43. The van der Waals surface area contributed by atoms with E-state index in [1.807, 2.05) is 0 Å². The number of aliphatic hydroxyl groups is 28. The van der Waals surface area contributed by atoms with E-state index in [1.165, 1.54) is 6.92 Å². The Bertz CT molecular complexity index is 3530. The molecule has 0 spiro atoms. The van der Waals surface area contributed by atoms with Crippen molar-refractivity contribution in [2.75, 3.05) is 59.5 Å². The molecule has 0 aromatic rings. The Labute approximate surface area is 723 Å². The molecule has 10 saturated heterocycles. The number of aliphatic hydroxyl groups excluding tert-OH is 28. The molecule has 0 saturated carbocycles. The van der Waals surface area contributed by atoms with E-state index in [0.29, 0.717) is 0 Å². The Balaban J connectivity index is 0.956. The number of carboxylic acid groups (broad SMARTS) is 1. The van der Waals surface area contributed by atoms with Crippen LogP contribution in [0.25, 0.3) is 0 Å². The zero-order chi connectivity index (χ0) is 94.6. The topological polar surface area (TPSA) is 896 Å². The van der Waals surface area contributed by atoms with Crippen LogP contribution in [-0.2, 0) is 114 Å². The summed E-state index contributed by atoms with van der Waals surface area (Å²) in [6.07, 6.45) is -100. The predicted molar refractivity (Wildman–Crippen MR) is 392 cm³/mol. The molecule has 57 nitrogen and oxygen atoms in total. The average molecular weight is 1880 g/mol. The van der Waals surface area contributed by atoms with Gasteiger partial charge in [0.15, 0.2) is 56.6 Å². The number of carboxylic acids is 1. The van der Waals surface area contributed by atoms with Crippen LogP contribution >= 0.6 is 0 Å². The van der Waals surface area contributed by atoms with Gasteiger partial charge in [0, 0.05) is 34.1 Å². The third kappa shape index (κ3) is 23.1. The zero-order valence-corrected chi connectivity index (χ0v) is 68.7. The highest BCUT2D eigenvalue weighted by molar-refractivity contribution is 5.77. The summed E-state index contributed by atoms with van der Waals surface area (Å²) >= 11 is 0. The predicted octanol–water partition coefficient (Wildman–Crippen LogP) is -22.0. The van der Waals surface area contributed by atoms with Crippen molar-refractivity contribution in [3.63, 3.8) is 0 Å². The lowest BCUT2D eigenvalue weighted by atomic mass is 9.88. The first-order valence-corrected chi connectivity index (χ1v) is 40.6. The van der Waals surface area contributed by atoms with Crippen molar-refractivity contribution in [2.45, 2.75) is 353 Å². The van der Waals surface area contributed by atoms with Crippen LogP contribution in [0.4, 0.5) is 0 Å². The van der Waals surface area contributed by atoms with Crippen molar-refractivity contribution in [3.05, 3.63) is 0 Å². The van der Waals surface area contributed by atoms with E-state index in [0.717, 1.165) is 27.7 Å². The minimum Gasteiger partial charge on any atom is -0.477 e. The van der Waals surface area contributed by atoms with Crippen molar-refractivity contribution in [1.82, 2.24) is 21.3 Å². The molecule has 0 aliphatic carbocycles. The lowest BCUT2D eigenvalue weighted by Gasteiger charge is -2.51. The maximum atomic E-state index is 13.3. The Hall–Kier alpha value is -4.53. The highest BCUT2D eigenvalue weighted by Gasteiger charge is 2.64. The molecule has 10 rings (SSSR count).